The molecule has 0 saturated carbocycles. The number of ether oxygens (including phenoxy) is 1. The van der Waals surface area contributed by atoms with E-state index in [9.17, 15) is 8.42 Å². The monoisotopic (exact) mass is 422 g/mol. The molecular weight excluding hydrogens is 400 g/mol. The molecule has 7 nitrogen and oxygen atoms in total. The maximum atomic E-state index is 12.4. The highest BCUT2D eigenvalue weighted by atomic mass is 32.2. The van der Waals surface area contributed by atoms with Crippen LogP contribution in [0.5, 0.6) is 0 Å². The summed E-state index contributed by atoms with van der Waals surface area (Å²) in [4.78, 5) is 11.8. The number of benzene rings is 2. The first-order valence-corrected chi connectivity index (χ1v) is 11.7. The van der Waals surface area contributed by atoms with Gasteiger partial charge in [0.15, 0.2) is 11.5 Å². The molecule has 1 fully saturated rings. The quantitative estimate of drug-likeness (QED) is 0.504. The van der Waals surface area contributed by atoms with Crippen LogP contribution in [0.15, 0.2) is 54.7 Å². The number of anilines is 1. The first-order chi connectivity index (χ1) is 14.4. The fraction of sp³-hybridized carbons (Fsp3) is 0.273. The Bertz CT molecular complexity index is 1360. The molecule has 1 saturated heterocycles. The molecule has 5 rings (SSSR count). The van der Waals surface area contributed by atoms with Gasteiger partial charge < -0.3 is 9.64 Å². The van der Waals surface area contributed by atoms with Crippen LogP contribution < -0.4 is 4.90 Å². The molecule has 4 aromatic rings. The molecule has 0 aliphatic carbocycles. The Morgan fingerprint density at radius 2 is 1.83 bits per heavy atom. The van der Waals surface area contributed by atoms with Gasteiger partial charge in [-0.25, -0.2) is 22.4 Å². The normalized spacial score (nSPS) is 17.7. The van der Waals surface area contributed by atoms with Crippen LogP contribution in [0.2, 0.25) is 0 Å². The zero-order chi connectivity index (χ0) is 20.9. The molecule has 30 heavy (non-hydrogen) atoms. The highest BCUT2D eigenvalue weighted by molar-refractivity contribution is 7.89. The average Bonchev–Trinajstić information content (AvgIpc) is 3.18. The second kappa shape index (κ2) is 7.07. The van der Waals surface area contributed by atoms with Crippen molar-refractivity contribution in [1.29, 1.82) is 0 Å². The molecule has 1 aliphatic rings. The van der Waals surface area contributed by atoms with Crippen molar-refractivity contribution < 1.29 is 13.2 Å². The van der Waals surface area contributed by atoms with Crippen molar-refractivity contribution in [3.63, 3.8) is 0 Å². The maximum absolute atomic E-state index is 12.4. The summed E-state index contributed by atoms with van der Waals surface area (Å²) < 4.78 is 31.6. The predicted octanol–water partition coefficient (Wildman–Crippen LogP) is 3.28. The van der Waals surface area contributed by atoms with E-state index in [0.29, 0.717) is 31.2 Å². The lowest BCUT2D eigenvalue weighted by Crippen LogP contribution is -2.44. The molecule has 2 aromatic heterocycles. The zero-order valence-corrected chi connectivity index (χ0v) is 17.6. The van der Waals surface area contributed by atoms with E-state index in [2.05, 4.69) is 11.8 Å². The van der Waals surface area contributed by atoms with Gasteiger partial charge in [-0.2, -0.15) is 0 Å². The minimum Gasteiger partial charge on any atom is -0.377 e. The standard InChI is InChI=1S/C22H22N4O3S/c1-15-14-29-13-12-25(15)21-19-10-11-26(30(2,27)28)22(19)24-20(23-21)18-9-5-7-16-6-3-4-8-17(16)18/h3-11,15H,12-14H2,1-2H3/t15-/m1/s1. The molecule has 0 radical (unpaired) electrons. The van der Waals surface area contributed by atoms with E-state index in [4.69, 9.17) is 14.7 Å². The number of aromatic nitrogens is 3. The second-order valence-electron chi connectivity index (χ2n) is 7.63. The first-order valence-electron chi connectivity index (χ1n) is 9.85. The lowest BCUT2D eigenvalue weighted by Gasteiger charge is -2.34. The highest BCUT2D eigenvalue weighted by Gasteiger charge is 2.26. The largest absolute Gasteiger partial charge is 0.377 e. The smallest absolute Gasteiger partial charge is 0.237 e. The third-order valence-corrected chi connectivity index (χ3v) is 6.53. The van der Waals surface area contributed by atoms with Crippen molar-refractivity contribution in [1.82, 2.24) is 13.9 Å². The summed E-state index contributed by atoms with van der Waals surface area (Å²) in [5, 5.41) is 2.83. The number of hydrogen-bond donors (Lipinski definition) is 0. The summed E-state index contributed by atoms with van der Waals surface area (Å²) in [6.45, 7) is 3.97. The molecule has 154 valence electrons. The van der Waals surface area contributed by atoms with Crippen LogP contribution in [-0.4, -0.2) is 54.4 Å². The van der Waals surface area contributed by atoms with Gasteiger partial charge in [-0.05, 0) is 23.8 Å². The highest BCUT2D eigenvalue weighted by Crippen LogP contribution is 2.33. The van der Waals surface area contributed by atoms with E-state index >= 15 is 0 Å². The number of nitrogens with zero attached hydrogens (tertiary/aromatic N) is 4. The molecule has 0 unspecified atom stereocenters. The Balaban J connectivity index is 1.82. The van der Waals surface area contributed by atoms with E-state index in [1.165, 1.54) is 10.2 Å². The zero-order valence-electron chi connectivity index (χ0n) is 16.8. The van der Waals surface area contributed by atoms with Gasteiger partial charge in [0.05, 0.1) is 30.9 Å². The van der Waals surface area contributed by atoms with Gasteiger partial charge >= 0.3 is 0 Å². The van der Waals surface area contributed by atoms with Crippen LogP contribution in [-0.2, 0) is 14.8 Å². The van der Waals surface area contributed by atoms with Crippen molar-refractivity contribution in [3.05, 3.63) is 54.7 Å². The minimum absolute atomic E-state index is 0.124. The molecule has 8 heteroatoms. The summed E-state index contributed by atoms with van der Waals surface area (Å²) in [5.41, 5.74) is 1.27. The Morgan fingerprint density at radius 3 is 2.63 bits per heavy atom. The average molecular weight is 423 g/mol. The van der Waals surface area contributed by atoms with Crippen LogP contribution in [0.3, 0.4) is 0 Å². The van der Waals surface area contributed by atoms with Crippen molar-refractivity contribution in [3.8, 4) is 11.4 Å². The van der Waals surface area contributed by atoms with Crippen molar-refractivity contribution >= 4 is 37.6 Å². The molecule has 0 amide bonds. The summed E-state index contributed by atoms with van der Waals surface area (Å²) in [6, 6.07) is 15.9. The summed E-state index contributed by atoms with van der Waals surface area (Å²) in [6.07, 6.45) is 2.74. The van der Waals surface area contributed by atoms with Gasteiger partial charge in [0.25, 0.3) is 0 Å². The van der Waals surface area contributed by atoms with Crippen molar-refractivity contribution in [2.75, 3.05) is 30.9 Å². The molecule has 3 heterocycles. The van der Waals surface area contributed by atoms with Crippen LogP contribution in [0, 0.1) is 0 Å². The number of rotatable bonds is 3. The van der Waals surface area contributed by atoms with Crippen LogP contribution in [0.4, 0.5) is 5.82 Å². The van der Waals surface area contributed by atoms with Crippen molar-refractivity contribution in [2.24, 2.45) is 0 Å². The second-order valence-corrected chi connectivity index (χ2v) is 9.49. The van der Waals surface area contributed by atoms with E-state index in [1.807, 2.05) is 42.5 Å². The SMILES string of the molecule is C[C@@H]1COCCN1c1nc(-c2cccc3ccccc23)nc2c1ccn2S(C)(=O)=O. The Kier molecular flexibility index (Phi) is 4.48. The van der Waals surface area contributed by atoms with Gasteiger partial charge in [0.1, 0.15) is 5.82 Å². The first kappa shape index (κ1) is 19.0. The topological polar surface area (TPSA) is 77.3 Å². The molecule has 1 atom stereocenters. The van der Waals surface area contributed by atoms with Crippen LogP contribution in [0.25, 0.3) is 33.2 Å². The summed E-state index contributed by atoms with van der Waals surface area (Å²) >= 11 is 0. The van der Waals surface area contributed by atoms with Crippen molar-refractivity contribution in [2.45, 2.75) is 13.0 Å². The van der Waals surface area contributed by atoms with E-state index in [-0.39, 0.29) is 6.04 Å². The lowest BCUT2D eigenvalue weighted by atomic mass is 10.0. The molecular formula is C22H22N4O3S. The number of hydrogen-bond acceptors (Lipinski definition) is 6. The summed E-state index contributed by atoms with van der Waals surface area (Å²) in [7, 11) is -3.51. The Hall–Kier alpha value is -2.97. The predicted molar refractivity (Wildman–Crippen MR) is 118 cm³/mol. The maximum Gasteiger partial charge on any atom is 0.237 e. The Morgan fingerprint density at radius 1 is 1.03 bits per heavy atom. The third-order valence-electron chi connectivity index (χ3n) is 5.52. The van der Waals surface area contributed by atoms with Gasteiger partial charge in [0.2, 0.25) is 10.0 Å². The van der Waals surface area contributed by atoms with E-state index in [1.54, 1.807) is 12.3 Å². The summed E-state index contributed by atoms with van der Waals surface area (Å²) in [5.74, 6) is 1.25. The fourth-order valence-corrected chi connectivity index (χ4v) is 4.78. The van der Waals surface area contributed by atoms with Gasteiger partial charge in [-0.15, -0.1) is 0 Å². The molecule has 0 bridgehead atoms. The van der Waals surface area contributed by atoms with E-state index < -0.39 is 10.0 Å². The van der Waals surface area contributed by atoms with Gasteiger partial charge in [-0.1, -0.05) is 42.5 Å². The minimum atomic E-state index is -3.51. The number of fused-ring (bicyclic) bond motifs is 2. The van der Waals surface area contributed by atoms with Crippen LogP contribution in [0.1, 0.15) is 6.92 Å². The van der Waals surface area contributed by atoms with Gasteiger partial charge in [-0.3, -0.25) is 0 Å². The molecule has 1 aliphatic heterocycles. The molecule has 0 N–H and O–H groups in total. The Labute approximate surface area is 175 Å². The van der Waals surface area contributed by atoms with Gasteiger partial charge in [0, 0.05) is 18.3 Å². The van der Waals surface area contributed by atoms with Crippen LogP contribution >= 0.6 is 0 Å². The molecule has 0 spiro atoms. The molecule has 2 aromatic carbocycles. The third kappa shape index (κ3) is 3.12. The number of morpholine rings is 1. The fourth-order valence-electron chi connectivity index (χ4n) is 4.05. The van der Waals surface area contributed by atoms with E-state index in [0.717, 1.165) is 27.5 Å². The lowest BCUT2D eigenvalue weighted by molar-refractivity contribution is 0.0987.